The van der Waals surface area contributed by atoms with Gasteiger partial charge in [0.1, 0.15) is 17.4 Å². The highest BCUT2D eigenvalue weighted by Crippen LogP contribution is 2.21. The average molecular weight is 475 g/mol. The first kappa shape index (κ1) is 22.1. The van der Waals surface area contributed by atoms with Gasteiger partial charge in [0.2, 0.25) is 5.91 Å². The second-order valence-electron chi connectivity index (χ2n) is 8.12. The summed E-state index contributed by atoms with van der Waals surface area (Å²) in [7, 11) is -1.35. The van der Waals surface area contributed by atoms with Crippen molar-refractivity contribution in [1.29, 1.82) is 0 Å². The SMILES string of the molecule is O=C(C[S@](=O)Cc1cnn(-c2ccccc2)c1-n1cccc1)N1CCN(c2ccccn2)CC1. The third-order valence-corrected chi connectivity index (χ3v) is 7.08. The molecule has 4 aromatic rings. The van der Waals surface area contributed by atoms with E-state index in [0.29, 0.717) is 13.1 Å². The minimum absolute atomic E-state index is 0.00518. The second-order valence-corrected chi connectivity index (χ2v) is 9.57. The zero-order chi connectivity index (χ0) is 23.3. The Labute approximate surface area is 200 Å². The van der Waals surface area contributed by atoms with Crippen LogP contribution in [-0.2, 0) is 21.3 Å². The smallest absolute Gasteiger partial charge is 0.235 e. The van der Waals surface area contributed by atoms with Crippen molar-refractivity contribution < 1.29 is 9.00 Å². The molecule has 0 aliphatic carbocycles. The van der Waals surface area contributed by atoms with E-state index in [0.717, 1.165) is 36.0 Å². The fraction of sp³-hybridized carbons (Fsp3) is 0.240. The summed E-state index contributed by atoms with van der Waals surface area (Å²) in [6, 6.07) is 19.6. The quantitative estimate of drug-likeness (QED) is 0.412. The lowest BCUT2D eigenvalue weighted by Crippen LogP contribution is -2.50. The van der Waals surface area contributed by atoms with Crippen LogP contribution in [0, 0.1) is 0 Å². The Bertz CT molecular complexity index is 1250. The Morgan fingerprint density at radius 3 is 2.35 bits per heavy atom. The monoisotopic (exact) mass is 474 g/mol. The van der Waals surface area contributed by atoms with E-state index in [-0.39, 0.29) is 17.4 Å². The van der Waals surface area contributed by atoms with Crippen LogP contribution < -0.4 is 4.90 Å². The summed E-state index contributed by atoms with van der Waals surface area (Å²) >= 11 is 0. The number of anilines is 1. The molecule has 4 heterocycles. The number of nitrogens with zero attached hydrogens (tertiary/aromatic N) is 6. The second kappa shape index (κ2) is 10.0. The van der Waals surface area contributed by atoms with Crippen LogP contribution >= 0.6 is 0 Å². The highest BCUT2D eigenvalue weighted by Gasteiger charge is 2.24. The first-order chi connectivity index (χ1) is 16.7. The normalized spacial score (nSPS) is 14.8. The maximum atomic E-state index is 13.0. The van der Waals surface area contributed by atoms with Gasteiger partial charge in [-0.25, -0.2) is 9.67 Å². The van der Waals surface area contributed by atoms with E-state index in [1.807, 2.05) is 82.3 Å². The lowest BCUT2D eigenvalue weighted by molar-refractivity contribution is -0.128. The molecular weight excluding hydrogens is 448 g/mol. The van der Waals surface area contributed by atoms with Crippen molar-refractivity contribution in [2.24, 2.45) is 0 Å². The molecule has 34 heavy (non-hydrogen) atoms. The summed E-state index contributed by atoms with van der Waals surface area (Å²) in [5.74, 6) is 1.95. The van der Waals surface area contributed by atoms with E-state index in [1.165, 1.54) is 0 Å². The molecule has 0 unspecified atom stereocenters. The van der Waals surface area contributed by atoms with Crippen LogP contribution in [-0.4, -0.2) is 66.3 Å². The summed E-state index contributed by atoms with van der Waals surface area (Å²) in [5.41, 5.74) is 1.76. The van der Waals surface area contributed by atoms with Gasteiger partial charge < -0.3 is 14.4 Å². The standard InChI is InChI=1S/C25H26N6O2S/c32-24(29-16-14-28(15-17-29)23-10-4-5-11-26-23)20-34(33)19-21-18-27-31(22-8-2-1-3-9-22)25(21)30-12-6-7-13-30/h1-13,18H,14-17,19-20H2/t34-/m1/s1. The molecule has 5 rings (SSSR count). The van der Waals surface area contributed by atoms with E-state index >= 15 is 0 Å². The third-order valence-electron chi connectivity index (χ3n) is 5.87. The number of carbonyl (C=O) groups excluding carboxylic acids is 1. The molecule has 174 valence electrons. The van der Waals surface area contributed by atoms with E-state index in [4.69, 9.17) is 0 Å². The highest BCUT2D eigenvalue weighted by molar-refractivity contribution is 7.84. The molecule has 1 saturated heterocycles. The Balaban J connectivity index is 1.25. The summed E-state index contributed by atoms with van der Waals surface area (Å²) in [6.45, 7) is 2.65. The summed E-state index contributed by atoms with van der Waals surface area (Å²) in [5, 5.41) is 4.56. The van der Waals surface area contributed by atoms with Crippen LogP contribution in [0.1, 0.15) is 5.56 Å². The fourth-order valence-electron chi connectivity index (χ4n) is 4.17. The van der Waals surface area contributed by atoms with Crippen LogP contribution in [0.5, 0.6) is 0 Å². The van der Waals surface area contributed by atoms with Crippen LogP contribution in [0.2, 0.25) is 0 Å². The number of aromatic nitrogens is 4. The summed E-state index contributed by atoms with van der Waals surface area (Å²) in [6.07, 6.45) is 7.40. The van der Waals surface area contributed by atoms with E-state index < -0.39 is 10.8 Å². The summed E-state index contributed by atoms with van der Waals surface area (Å²) < 4.78 is 16.8. The maximum Gasteiger partial charge on any atom is 0.235 e. The van der Waals surface area contributed by atoms with Gasteiger partial charge in [-0.1, -0.05) is 24.3 Å². The Morgan fingerprint density at radius 2 is 1.65 bits per heavy atom. The summed E-state index contributed by atoms with van der Waals surface area (Å²) in [4.78, 5) is 21.2. The predicted molar refractivity (Wildman–Crippen MR) is 133 cm³/mol. The number of pyridine rings is 1. The Hall–Kier alpha value is -3.72. The number of piperazine rings is 1. The zero-order valence-electron chi connectivity index (χ0n) is 18.7. The Kier molecular flexibility index (Phi) is 6.53. The highest BCUT2D eigenvalue weighted by atomic mass is 32.2. The van der Waals surface area contributed by atoms with E-state index in [2.05, 4.69) is 15.0 Å². The molecule has 0 radical (unpaired) electrons. The van der Waals surface area contributed by atoms with Gasteiger partial charge in [-0.3, -0.25) is 9.00 Å². The number of rotatable bonds is 7. The fourth-order valence-corrected chi connectivity index (χ4v) is 5.28. The van der Waals surface area contributed by atoms with Gasteiger partial charge in [-0.05, 0) is 36.4 Å². The number of benzene rings is 1. The molecule has 0 spiro atoms. The van der Waals surface area contributed by atoms with Crippen LogP contribution in [0.3, 0.4) is 0 Å². The minimum atomic E-state index is -1.35. The maximum absolute atomic E-state index is 13.0. The van der Waals surface area contributed by atoms with Gasteiger partial charge >= 0.3 is 0 Å². The first-order valence-corrected chi connectivity index (χ1v) is 12.7. The number of carbonyl (C=O) groups is 1. The number of para-hydroxylation sites is 1. The molecule has 1 fully saturated rings. The van der Waals surface area contributed by atoms with Crippen molar-refractivity contribution in [3.8, 4) is 11.5 Å². The number of hydrogen-bond acceptors (Lipinski definition) is 5. The van der Waals surface area contributed by atoms with Crippen LogP contribution in [0.4, 0.5) is 5.82 Å². The largest absolute Gasteiger partial charge is 0.353 e. The number of amides is 1. The molecule has 9 heteroatoms. The van der Waals surface area contributed by atoms with E-state index in [1.54, 1.807) is 17.3 Å². The molecule has 0 bridgehead atoms. The molecule has 0 N–H and O–H groups in total. The lowest BCUT2D eigenvalue weighted by Gasteiger charge is -2.35. The van der Waals surface area contributed by atoms with Gasteiger partial charge in [0, 0.05) is 61.1 Å². The van der Waals surface area contributed by atoms with Gasteiger partial charge in [0.15, 0.2) is 0 Å². The Morgan fingerprint density at radius 1 is 0.912 bits per heavy atom. The molecular formula is C25H26N6O2S. The lowest BCUT2D eigenvalue weighted by atomic mass is 10.3. The van der Waals surface area contributed by atoms with Crippen LogP contribution in [0.15, 0.2) is 85.5 Å². The van der Waals surface area contributed by atoms with E-state index in [9.17, 15) is 9.00 Å². The molecule has 1 amide bonds. The molecule has 1 atom stereocenters. The average Bonchev–Trinajstić information content (AvgIpc) is 3.55. The van der Waals surface area contributed by atoms with Crippen molar-refractivity contribution in [2.75, 3.05) is 36.8 Å². The van der Waals surface area contributed by atoms with Crippen molar-refractivity contribution >= 4 is 22.5 Å². The van der Waals surface area contributed by atoms with Gasteiger partial charge in [0.25, 0.3) is 0 Å². The third kappa shape index (κ3) is 4.79. The zero-order valence-corrected chi connectivity index (χ0v) is 19.6. The minimum Gasteiger partial charge on any atom is -0.353 e. The molecule has 8 nitrogen and oxygen atoms in total. The van der Waals surface area contributed by atoms with Crippen molar-refractivity contribution in [1.82, 2.24) is 24.2 Å². The molecule has 0 saturated carbocycles. The van der Waals surface area contributed by atoms with Crippen molar-refractivity contribution in [2.45, 2.75) is 5.75 Å². The van der Waals surface area contributed by atoms with Gasteiger partial charge in [-0.15, -0.1) is 0 Å². The molecule has 1 aromatic carbocycles. The van der Waals surface area contributed by atoms with Crippen molar-refractivity contribution in [3.05, 3.63) is 91.0 Å². The topological polar surface area (TPSA) is 76.3 Å². The molecule has 3 aromatic heterocycles. The van der Waals surface area contributed by atoms with Crippen molar-refractivity contribution in [3.63, 3.8) is 0 Å². The predicted octanol–water partition coefficient (Wildman–Crippen LogP) is 2.66. The van der Waals surface area contributed by atoms with Crippen LogP contribution in [0.25, 0.3) is 11.5 Å². The number of hydrogen-bond donors (Lipinski definition) is 0. The van der Waals surface area contributed by atoms with Gasteiger partial charge in [0.05, 0.1) is 17.6 Å². The first-order valence-electron chi connectivity index (χ1n) is 11.2. The molecule has 1 aliphatic heterocycles. The van der Waals surface area contributed by atoms with Gasteiger partial charge in [-0.2, -0.15) is 5.10 Å². The molecule has 1 aliphatic rings.